The first-order valence-corrected chi connectivity index (χ1v) is 7.11. The highest BCUT2D eigenvalue weighted by atomic mass is 79.9. The lowest BCUT2D eigenvalue weighted by molar-refractivity contribution is 0.0697. The van der Waals surface area contributed by atoms with Gasteiger partial charge in [-0.25, -0.2) is 4.79 Å². The minimum atomic E-state index is -1.02. The molecule has 2 aromatic rings. The molecule has 0 spiro atoms. The minimum Gasteiger partial charge on any atom is -0.478 e. The molecule has 2 rings (SSSR count). The van der Waals surface area contributed by atoms with Gasteiger partial charge in [0.15, 0.2) is 0 Å². The summed E-state index contributed by atoms with van der Waals surface area (Å²) in [5.74, 6) is -1.02. The maximum absolute atomic E-state index is 10.8. The van der Waals surface area contributed by atoms with Gasteiger partial charge in [-0.2, -0.15) is 0 Å². The van der Waals surface area contributed by atoms with Crippen LogP contribution in [0.3, 0.4) is 0 Å². The molecule has 2 N–H and O–H groups in total. The van der Waals surface area contributed by atoms with E-state index in [4.69, 9.17) is 16.7 Å². The Bertz CT molecular complexity index is 585. The number of carboxylic acids is 1. The summed E-state index contributed by atoms with van der Waals surface area (Å²) in [7, 11) is 0. The van der Waals surface area contributed by atoms with Crippen LogP contribution in [0.4, 0.5) is 5.69 Å². The van der Waals surface area contributed by atoms with Crippen LogP contribution in [0.15, 0.2) is 34.1 Å². The summed E-state index contributed by atoms with van der Waals surface area (Å²) >= 11 is 10.9. The van der Waals surface area contributed by atoms with Crippen molar-refractivity contribution in [2.75, 3.05) is 5.32 Å². The van der Waals surface area contributed by atoms with Crippen molar-refractivity contribution in [2.24, 2.45) is 0 Å². The molecule has 1 heterocycles. The second kappa shape index (κ2) is 5.73. The third kappa shape index (κ3) is 3.25. The van der Waals surface area contributed by atoms with Crippen LogP contribution in [-0.2, 0) is 6.54 Å². The Hall–Kier alpha value is -1.04. The summed E-state index contributed by atoms with van der Waals surface area (Å²) in [6.45, 7) is 0.680. The highest BCUT2D eigenvalue weighted by Crippen LogP contribution is 2.23. The van der Waals surface area contributed by atoms with Crippen molar-refractivity contribution in [2.45, 2.75) is 6.54 Å². The number of rotatable bonds is 4. The van der Waals surface area contributed by atoms with Gasteiger partial charge >= 0.3 is 5.97 Å². The van der Waals surface area contributed by atoms with E-state index >= 15 is 0 Å². The number of hydrogen-bond acceptors (Lipinski definition) is 3. The molecule has 0 aliphatic rings. The predicted octanol–water partition coefficient (Wildman–Crippen LogP) is 4.47. The first-order chi connectivity index (χ1) is 8.56. The highest BCUT2D eigenvalue weighted by molar-refractivity contribution is 9.10. The third-order valence-electron chi connectivity index (χ3n) is 2.29. The number of halogens is 2. The zero-order valence-electron chi connectivity index (χ0n) is 9.11. The molecule has 1 aromatic heterocycles. The van der Waals surface area contributed by atoms with Crippen molar-refractivity contribution in [3.63, 3.8) is 0 Å². The number of hydrogen-bond donors (Lipinski definition) is 2. The number of nitrogens with one attached hydrogen (secondary N) is 1. The molecular weight excluding hydrogens is 338 g/mol. The lowest BCUT2D eigenvalue weighted by atomic mass is 10.2. The van der Waals surface area contributed by atoms with Crippen LogP contribution in [0.5, 0.6) is 0 Å². The number of carbonyl (C=O) groups is 1. The van der Waals surface area contributed by atoms with Gasteiger partial charge in [-0.05, 0) is 40.2 Å². The molecule has 0 bridgehead atoms. The SMILES string of the molecule is O=C(O)c1ccc(NCc2cc(Br)cs2)cc1Cl. The molecule has 0 radical (unpaired) electrons. The second-order valence-corrected chi connectivity index (χ2v) is 5.90. The van der Waals surface area contributed by atoms with E-state index in [-0.39, 0.29) is 10.6 Å². The molecule has 3 nitrogen and oxygen atoms in total. The number of benzene rings is 1. The van der Waals surface area contributed by atoms with Gasteiger partial charge in [-0.15, -0.1) is 11.3 Å². The van der Waals surface area contributed by atoms with Crippen LogP contribution in [0.1, 0.15) is 15.2 Å². The van der Waals surface area contributed by atoms with Crippen molar-refractivity contribution >= 4 is 50.5 Å². The van der Waals surface area contributed by atoms with Crippen LogP contribution in [0.2, 0.25) is 5.02 Å². The fraction of sp³-hybridized carbons (Fsp3) is 0.0833. The van der Waals surface area contributed by atoms with Gasteiger partial charge in [0.1, 0.15) is 0 Å². The minimum absolute atomic E-state index is 0.112. The fourth-order valence-electron chi connectivity index (χ4n) is 1.43. The number of anilines is 1. The van der Waals surface area contributed by atoms with E-state index in [0.29, 0.717) is 6.54 Å². The topological polar surface area (TPSA) is 49.3 Å². The zero-order chi connectivity index (χ0) is 13.1. The Labute approximate surface area is 122 Å². The quantitative estimate of drug-likeness (QED) is 0.858. The summed E-state index contributed by atoms with van der Waals surface area (Å²) in [6.07, 6.45) is 0. The Kier molecular flexibility index (Phi) is 4.27. The van der Waals surface area contributed by atoms with E-state index in [1.165, 1.54) is 10.9 Å². The molecular formula is C12H9BrClNO2S. The van der Waals surface area contributed by atoms with Gasteiger partial charge in [-0.3, -0.25) is 0 Å². The van der Waals surface area contributed by atoms with Gasteiger partial charge < -0.3 is 10.4 Å². The smallest absolute Gasteiger partial charge is 0.337 e. The molecule has 0 fully saturated rings. The molecule has 1 aromatic carbocycles. The number of thiophene rings is 1. The predicted molar refractivity (Wildman–Crippen MR) is 77.8 cm³/mol. The molecule has 0 atom stereocenters. The number of aromatic carboxylic acids is 1. The lowest BCUT2D eigenvalue weighted by Crippen LogP contribution is -2.00. The Morgan fingerprint density at radius 3 is 2.78 bits per heavy atom. The lowest BCUT2D eigenvalue weighted by Gasteiger charge is -2.06. The van der Waals surface area contributed by atoms with Crippen LogP contribution < -0.4 is 5.32 Å². The zero-order valence-corrected chi connectivity index (χ0v) is 12.3. The molecule has 6 heteroatoms. The maximum Gasteiger partial charge on any atom is 0.337 e. The largest absolute Gasteiger partial charge is 0.478 e. The van der Waals surface area contributed by atoms with Crippen LogP contribution in [-0.4, -0.2) is 11.1 Å². The average Bonchev–Trinajstić information content (AvgIpc) is 2.72. The van der Waals surface area contributed by atoms with Gasteiger partial charge in [0.25, 0.3) is 0 Å². The Morgan fingerprint density at radius 1 is 1.44 bits per heavy atom. The average molecular weight is 347 g/mol. The van der Waals surface area contributed by atoms with E-state index in [2.05, 4.69) is 21.2 Å². The van der Waals surface area contributed by atoms with Crippen molar-refractivity contribution in [3.8, 4) is 0 Å². The third-order valence-corrected chi connectivity index (χ3v) is 4.30. The standard InChI is InChI=1S/C12H9BrClNO2S/c13-7-3-9(18-6-7)5-15-8-1-2-10(12(16)17)11(14)4-8/h1-4,6,15H,5H2,(H,16,17). The van der Waals surface area contributed by atoms with Crippen molar-refractivity contribution < 1.29 is 9.90 Å². The molecule has 0 saturated carbocycles. The van der Waals surface area contributed by atoms with Crippen molar-refractivity contribution in [1.82, 2.24) is 0 Å². The van der Waals surface area contributed by atoms with Gasteiger partial charge in [0.05, 0.1) is 10.6 Å². The van der Waals surface area contributed by atoms with Crippen LogP contribution in [0.25, 0.3) is 0 Å². The van der Waals surface area contributed by atoms with E-state index < -0.39 is 5.97 Å². The molecule has 0 aliphatic heterocycles. The van der Waals surface area contributed by atoms with Gasteiger partial charge in [0, 0.05) is 27.0 Å². The monoisotopic (exact) mass is 345 g/mol. The van der Waals surface area contributed by atoms with Crippen LogP contribution in [0, 0.1) is 0 Å². The van der Waals surface area contributed by atoms with Crippen molar-refractivity contribution in [3.05, 3.63) is 49.6 Å². The molecule has 0 amide bonds. The molecule has 0 saturated heterocycles. The van der Waals surface area contributed by atoms with E-state index in [9.17, 15) is 4.79 Å². The van der Waals surface area contributed by atoms with E-state index in [1.807, 2.05) is 11.4 Å². The highest BCUT2D eigenvalue weighted by Gasteiger charge is 2.08. The Balaban J connectivity index is 2.06. The van der Waals surface area contributed by atoms with Crippen LogP contribution >= 0.6 is 38.9 Å². The summed E-state index contributed by atoms with van der Waals surface area (Å²) < 4.78 is 1.06. The first kappa shape index (κ1) is 13.4. The fourth-order valence-corrected chi connectivity index (χ4v) is 3.09. The second-order valence-electron chi connectivity index (χ2n) is 3.58. The van der Waals surface area contributed by atoms with E-state index in [0.717, 1.165) is 10.2 Å². The normalized spacial score (nSPS) is 10.3. The summed E-state index contributed by atoms with van der Waals surface area (Å²) in [6, 6.07) is 6.86. The number of carboxylic acid groups (broad SMARTS) is 1. The maximum atomic E-state index is 10.8. The first-order valence-electron chi connectivity index (χ1n) is 5.06. The molecule has 0 unspecified atom stereocenters. The molecule has 94 valence electrons. The van der Waals surface area contributed by atoms with Crippen molar-refractivity contribution in [1.29, 1.82) is 0 Å². The summed E-state index contributed by atoms with van der Waals surface area (Å²) in [5, 5.41) is 14.3. The molecule has 0 aliphatic carbocycles. The Morgan fingerprint density at radius 2 is 2.22 bits per heavy atom. The van der Waals surface area contributed by atoms with E-state index in [1.54, 1.807) is 23.5 Å². The van der Waals surface area contributed by atoms with Gasteiger partial charge in [0.2, 0.25) is 0 Å². The van der Waals surface area contributed by atoms with Gasteiger partial charge in [-0.1, -0.05) is 11.6 Å². The summed E-state index contributed by atoms with van der Waals surface area (Å²) in [5.41, 5.74) is 0.913. The summed E-state index contributed by atoms with van der Waals surface area (Å²) in [4.78, 5) is 12.0. The molecule has 18 heavy (non-hydrogen) atoms.